The highest BCUT2D eigenvalue weighted by Gasteiger charge is 2.36. The number of nitrogens with two attached hydrogens (primary N) is 1. The van der Waals surface area contributed by atoms with Crippen LogP contribution in [-0.4, -0.2) is 18.6 Å². The largest absolute Gasteiger partial charge is 0.497 e. The average molecular weight is 272 g/mol. The van der Waals surface area contributed by atoms with Crippen LogP contribution in [0.5, 0.6) is 5.75 Å². The number of aromatic nitrogens is 1. The van der Waals surface area contributed by atoms with Crippen molar-refractivity contribution in [3.63, 3.8) is 0 Å². The number of hydrogen-bond donors (Lipinski definition) is 2. The molecule has 1 aromatic heterocycles. The van der Waals surface area contributed by atoms with Crippen molar-refractivity contribution in [3.05, 3.63) is 29.5 Å². The quantitative estimate of drug-likeness (QED) is 0.896. The van der Waals surface area contributed by atoms with Crippen molar-refractivity contribution in [2.45, 2.75) is 44.4 Å². The summed E-state index contributed by atoms with van der Waals surface area (Å²) in [5, 5.41) is 1.29. The fraction of sp³-hybridized carbons (Fsp3) is 0.529. The van der Waals surface area contributed by atoms with E-state index in [-0.39, 0.29) is 5.41 Å². The lowest BCUT2D eigenvalue weighted by atomic mass is 9.68. The second kappa shape index (κ2) is 5.13. The molecule has 20 heavy (non-hydrogen) atoms. The third-order valence-corrected chi connectivity index (χ3v) is 4.92. The Hall–Kier alpha value is -1.48. The monoisotopic (exact) mass is 272 g/mol. The van der Waals surface area contributed by atoms with Crippen molar-refractivity contribution < 1.29 is 4.74 Å². The van der Waals surface area contributed by atoms with E-state index in [2.05, 4.69) is 24.0 Å². The van der Waals surface area contributed by atoms with Gasteiger partial charge in [-0.1, -0.05) is 19.3 Å². The fourth-order valence-electron chi connectivity index (χ4n) is 3.90. The van der Waals surface area contributed by atoms with Gasteiger partial charge in [0.15, 0.2) is 0 Å². The van der Waals surface area contributed by atoms with Gasteiger partial charge >= 0.3 is 0 Å². The van der Waals surface area contributed by atoms with Crippen molar-refractivity contribution >= 4 is 10.9 Å². The van der Waals surface area contributed by atoms with E-state index in [9.17, 15) is 0 Å². The summed E-state index contributed by atoms with van der Waals surface area (Å²) in [5.41, 5.74) is 10.2. The third-order valence-electron chi connectivity index (χ3n) is 4.92. The molecule has 3 nitrogen and oxygen atoms in total. The smallest absolute Gasteiger partial charge is 0.119 e. The zero-order valence-corrected chi connectivity index (χ0v) is 12.5. The highest BCUT2D eigenvalue weighted by atomic mass is 16.5. The molecule has 3 N–H and O–H groups in total. The summed E-state index contributed by atoms with van der Waals surface area (Å²) < 4.78 is 5.40. The van der Waals surface area contributed by atoms with Gasteiger partial charge in [-0.05, 0) is 43.5 Å². The number of benzene rings is 1. The first-order chi connectivity index (χ1) is 9.70. The zero-order chi connectivity index (χ0) is 14.2. The maximum atomic E-state index is 6.21. The first-order valence-corrected chi connectivity index (χ1v) is 7.57. The van der Waals surface area contributed by atoms with Gasteiger partial charge in [-0.25, -0.2) is 0 Å². The Kier molecular flexibility index (Phi) is 3.47. The average Bonchev–Trinajstić information content (AvgIpc) is 2.83. The Morgan fingerprint density at radius 2 is 2.00 bits per heavy atom. The highest BCUT2D eigenvalue weighted by molar-refractivity contribution is 5.87. The van der Waals surface area contributed by atoms with Gasteiger partial charge in [0.2, 0.25) is 0 Å². The first-order valence-electron chi connectivity index (χ1n) is 7.57. The molecule has 0 bridgehead atoms. The predicted molar refractivity (Wildman–Crippen MR) is 83.4 cm³/mol. The van der Waals surface area contributed by atoms with Crippen LogP contribution in [-0.2, 0) is 5.41 Å². The van der Waals surface area contributed by atoms with E-state index in [1.807, 2.05) is 6.07 Å². The second-order valence-electron chi connectivity index (χ2n) is 6.08. The number of ether oxygens (including phenoxy) is 1. The molecule has 0 unspecified atom stereocenters. The lowest BCUT2D eigenvalue weighted by Gasteiger charge is -2.37. The molecule has 0 saturated heterocycles. The maximum absolute atomic E-state index is 6.21. The minimum absolute atomic E-state index is 0.146. The van der Waals surface area contributed by atoms with E-state index in [4.69, 9.17) is 10.5 Å². The maximum Gasteiger partial charge on any atom is 0.119 e. The number of methoxy groups -OCH3 is 1. The van der Waals surface area contributed by atoms with Gasteiger partial charge in [-0.2, -0.15) is 0 Å². The van der Waals surface area contributed by atoms with Gasteiger partial charge in [-0.3, -0.25) is 0 Å². The number of fused-ring (bicyclic) bond motifs is 1. The molecule has 1 aliphatic carbocycles. The Bertz CT molecular complexity index is 609. The van der Waals surface area contributed by atoms with E-state index in [0.717, 1.165) is 12.3 Å². The van der Waals surface area contributed by atoms with Gasteiger partial charge < -0.3 is 15.5 Å². The Balaban J connectivity index is 2.20. The summed E-state index contributed by atoms with van der Waals surface area (Å²) in [6.07, 6.45) is 6.32. The number of hydrogen-bond acceptors (Lipinski definition) is 2. The van der Waals surface area contributed by atoms with Gasteiger partial charge in [0, 0.05) is 28.6 Å². The van der Waals surface area contributed by atoms with Crippen LogP contribution in [0, 0.1) is 6.92 Å². The number of H-pyrrole nitrogens is 1. The van der Waals surface area contributed by atoms with Crippen LogP contribution in [0.15, 0.2) is 18.2 Å². The van der Waals surface area contributed by atoms with Gasteiger partial charge in [0.05, 0.1) is 7.11 Å². The Morgan fingerprint density at radius 1 is 1.25 bits per heavy atom. The molecule has 1 aliphatic rings. The fourth-order valence-corrected chi connectivity index (χ4v) is 3.90. The summed E-state index contributed by atoms with van der Waals surface area (Å²) in [5.74, 6) is 0.917. The van der Waals surface area contributed by atoms with Crippen molar-refractivity contribution in [2.75, 3.05) is 13.7 Å². The highest BCUT2D eigenvalue weighted by Crippen LogP contribution is 2.43. The molecule has 0 atom stereocenters. The third kappa shape index (κ3) is 2.01. The molecule has 2 aromatic rings. The van der Waals surface area contributed by atoms with E-state index < -0.39 is 0 Å². The number of aryl methyl sites for hydroxylation is 1. The molecule has 108 valence electrons. The summed E-state index contributed by atoms with van der Waals surface area (Å²) in [6, 6.07) is 6.27. The molecule has 3 heteroatoms. The number of aromatic amines is 1. The first kappa shape index (κ1) is 13.5. The molecule has 0 spiro atoms. The summed E-state index contributed by atoms with van der Waals surface area (Å²) in [7, 11) is 1.72. The van der Waals surface area contributed by atoms with Crippen molar-refractivity contribution in [1.29, 1.82) is 0 Å². The van der Waals surface area contributed by atoms with E-state index in [0.29, 0.717) is 0 Å². The normalized spacial score (nSPS) is 18.4. The predicted octanol–water partition coefficient (Wildman–Crippen LogP) is 3.65. The van der Waals surface area contributed by atoms with Gasteiger partial charge in [-0.15, -0.1) is 0 Å². The molecule has 1 aromatic carbocycles. The molecule has 3 rings (SSSR count). The van der Waals surface area contributed by atoms with E-state index in [1.165, 1.54) is 54.3 Å². The molecule has 0 radical (unpaired) electrons. The van der Waals surface area contributed by atoms with Crippen LogP contribution < -0.4 is 10.5 Å². The van der Waals surface area contributed by atoms with Crippen LogP contribution in [0.1, 0.15) is 43.4 Å². The van der Waals surface area contributed by atoms with Crippen LogP contribution in [0.3, 0.4) is 0 Å². The lowest BCUT2D eigenvalue weighted by molar-refractivity contribution is 0.301. The van der Waals surface area contributed by atoms with Crippen LogP contribution in [0.4, 0.5) is 0 Å². The van der Waals surface area contributed by atoms with Crippen molar-refractivity contribution in [3.8, 4) is 5.75 Å². The topological polar surface area (TPSA) is 51.0 Å². The van der Waals surface area contributed by atoms with E-state index in [1.54, 1.807) is 7.11 Å². The Labute approximate surface area is 120 Å². The lowest BCUT2D eigenvalue weighted by Crippen LogP contribution is -2.37. The Morgan fingerprint density at radius 3 is 2.65 bits per heavy atom. The molecule has 1 saturated carbocycles. The second-order valence-corrected chi connectivity index (χ2v) is 6.08. The summed E-state index contributed by atoms with van der Waals surface area (Å²) >= 11 is 0. The number of nitrogens with one attached hydrogen (secondary N) is 1. The SMILES string of the molecule is COc1ccc2[nH]c(C)c(C3(CN)CCCCC3)c2c1. The van der Waals surface area contributed by atoms with Crippen LogP contribution >= 0.6 is 0 Å². The van der Waals surface area contributed by atoms with Gasteiger partial charge in [0.1, 0.15) is 5.75 Å². The van der Waals surface area contributed by atoms with Crippen LogP contribution in [0.2, 0.25) is 0 Å². The molecular weight excluding hydrogens is 248 g/mol. The van der Waals surface area contributed by atoms with Crippen molar-refractivity contribution in [1.82, 2.24) is 4.98 Å². The van der Waals surface area contributed by atoms with Crippen molar-refractivity contribution in [2.24, 2.45) is 5.73 Å². The standard InChI is InChI=1S/C17H24N2O/c1-12-16(17(11-18)8-4-3-5-9-17)14-10-13(20-2)6-7-15(14)19-12/h6-7,10,19H,3-5,8-9,11,18H2,1-2H3. The summed E-state index contributed by atoms with van der Waals surface area (Å²) in [4.78, 5) is 3.52. The molecule has 1 heterocycles. The molecular formula is C17H24N2O. The molecule has 0 aliphatic heterocycles. The molecule has 1 fully saturated rings. The van der Waals surface area contributed by atoms with Gasteiger partial charge in [0.25, 0.3) is 0 Å². The minimum atomic E-state index is 0.146. The van der Waals surface area contributed by atoms with E-state index >= 15 is 0 Å². The zero-order valence-electron chi connectivity index (χ0n) is 12.5. The summed E-state index contributed by atoms with van der Waals surface area (Å²) in [6.45, 7) is 2.91. The minimum Gasteiger partial charge on any atom is -0.497 e. The number of rotatable bonds is 3. The van der Waals surface area contributed by atoms with Crippen LogP contribution in [0.25, 0.3) is 10.9 Å². The molecule has 0 amide bonds.